The van der Waals surface area contributed by atoms with E-state index in [2.05, 4.69) is 57.0 Å². The summed E-state index contributed by atoms with van der Waals surface area (Å²) in [5.74, 6) is 1.39. The number of pyridine rings is 1. The lowest BCUT2D eigenvalue weighted by Gasteiger charge is -2.10. The summed E-state index contributed by atoms with van der Waals surface area (Å²) in [6, 6.07) is 12.1. The van der Waals surface area contributed by atoms with Crippen LogP contribution in [0.25, 0.3) is 28.0 Å². The summed E-state index contributed by atoms with van der Waals surface area (Å²) in [6.45, 7) is 1.88. The number of hydrogen-bond donors (Lipinski definition) is 2. The normalized spacial score (nSPS) is 11.4. The largest absolute Gasteiger partial charge is 0.390 e. The summed E-state index contributed by atoms with van der Waals surface area (Å²) < 4.78 is 5.07. The van der Waals surface area contributed by atoms with Crippen LogP contribution in [-0.4, -0.2) is 44.6 Å². The van der Waals surface area contributed by atoms with Crippen molar-refractivity contribution < 1.29 is 5.11 Å². The van der Waals surface area contributed by atoms with Gasteiger partial charge in [-0.3, -0.25) is 9.36 Å². The first-order valence-electron chi connectivity index (χ1n) is 9.75. The molecule has 5 rings (SSSR count). The number of aryl methyl sites for hydroxylation is 3. The van der Waals surface area contributed by atoms with Crippen molar-refractivity contribution in [3.05, 3.63) is 60.0 Å². The van der Waals surface area contributed by atoms with Gasteiger partial charge in [-0.25, -0.2) is 9.67 Å². The summed E-state index contributed by atoms with van der Waals surface area (Å²) in [5, 5.41) is 30.8. The number of hydrogen-bond acceptors (Lipinski definition) is 7. The average Bonchev–Trinajstić information content (AvgIpc) is 3.48. The molecule has 0 aliphatic rings. The summed E-state index contributed by atoms with van der Waals surface area (Å²) in [4.78, 5) is 4.72. The van der Waals surface area contributed by atoms with E-state index in [-0.39, 0.29) is 6.61 Å². The van der Waals surface area contributed by atoms with Crippen LogP contribution in [0, 0.1) is 6.92 Å². The smallest absolute Gasteiger partial charge is 0.162 e. The first-order valence-corrected chi connectivity index (χ1v) is 9.75. The second kappa shape index (κ2) is 7.33. The van der Waals surface area contributed by atoms with Crippen molar-refractivity contribution in [2.75, 3.05) is 5.32 Å². The van der Waals surface area contributed by atoms with Gasteiger partial charge in [-0.15, -0.1) is 5.10 Å². The molecule has 0 spiro atoms. The zero-order valence-corrected chi connectivity index (χ0v) is 17.4. The van der Waals surface area contributed by atoms with Crippen molar-refractivity contribution in [3.8, 4) is 16.9 Å². The quantitative estimate of drug-likeness (QED) is 0.454. The lowest BCUT2D eigenvalue weighted by atomic mass is 10.1. The first kappa shape index (κ1) is 18.9. The van der Waals surface area contributed by atoms with Crippen LogP contribution in [0.4, 0.5) is 11.6 Å². The number of fused-ring (bicyclic) bond motifs is 1. The molecule has 2 N–H and O–H groups in total. The van der Waals surface area contributed by atoms with E-state index in [1.165, 1.54) is 11.8 Å². The minimum Gasteiger partial charge on any atom is -0.390 e. The maximum absolute atomic E-state index is 9.65. The van der Waals surface area contributed by atoms with Crippen LogP contribution in [0.15, 0.2) is 48.8 Å². The number of anilines is 2. The molecular formula is C21H21N9O. The Bertz CT molecular complexity index is 1380. The maximum atomic E-state index is 9.65. The molecule has 0 bridgehead atoms. The Hall–Kier alpha value is -4.05. The highest BCUT2D eigenvalue weighted by Crippen LogP contribution is 2.28. The predicted octanol–water partition coefficient (Wildman–Crippen LogP) is 2.49. The number of aliphatic hydroxyl groups is 1. The Morgan fingerprint density at radius 2 is 1.84 bits per heavy atom. The molecule has 1 aromatic carbocycles. The lowest BCUT2D eigenvalue weighted by Crippen LogP contribution is -2.07. The van der Waals surface area contributed by atoms with Crippen LogP contribution >= 0.6 is 0 Å². The van der Waals surface area contributed by atoms with Crippen molar-refractivity contribution in [1.29, 1.82) is 0 Å². The second-order valence-electron chi connectivity index (χ2n) is 7.36. The van der Waals surface area contributed by atoms with Crippen LogP contribution in [-0.2, 0) is 20.7 Å². The van der Waals surface area contributed by atoms with Gasteiger partial charge in [-0.05, 0) is 6.92 Å². The standard InChI is InChI=1S/C21H21N9O/c1-13-4-6-14(7-5-13)17-8-20(28(2)26-17)24-19-9-18(30-15(12-31)10-22-27-30)16-11-23-29(3)21(16)25-19/h4-11,31H,12H2,1-3H3,(H,24,25). The Balaban J connectivity index is 1.57. The van der Waals surface area contributed by atoms with Gasteiger partial charge in [0, 0.05) is 31.8 Å². The topological polar surface area (TPSA) is 111 Å². The Labute approximate surface area is 177 Å². The third kappa shape index (κ3) is 3.32. The Morgan fingerprint density at radius 1 is 1.03 bits per heavy atom. The van der Waals surface area contributed by atoms with Crippen molar-refractivity contribution in [3.63, 3.8) is 0 Å². The highest BCUT2D eigenvalue weighted by atomic mass is 16.3. The highest BCUT2D eigenvalue weighted by molar-refractivity contribution is 5.87. The zero-order valence-electron chi connectivity index (χ0n) is 17.4. The highest BCUT2D eigenvalue weighted by Gasteiger charge is 2.16. The van der Waals surface area contributed by atoms with Crippen molar-refractivity contribution in [1.82, 2.24) is 39.5 Å². The second-order valence-corrected chi connectivity index (χ2v) is 7.36. The number of aliphatic hydroxyl groups excluding tert-OH is 1. The fourth-order valence-corrected chi connectivity index (χ4v) is 3.49. The van der Waals surface area contributed by atoms with E-state index in [1.54, 1.807) is 20.2 Å². The van der Waals surface area contributed by atoms with Crippen LogP contribution in [0.1, 0.15) is 11.3 Å². The van der Waals surface area contributed by atoms with E-state index in [1.807, 2.05) is 26.2 Å². The van der Waals surface area contributed by atoms with Crippen LogP contribution in [0.2, 0.25) is 0 Å². The number of rotatable bonds is 5. The molecule has 0 amide bonds. The van der Waals surface area contributed by atoms with Gasteiger partial charge in [-0.1, -0.05) is 35.0 Å². The fraction of sp³-hybridized carbons (Fsp3) is 0.190. The first-order chi connectivity index (χ1) is 15.0. The molecule has 4 heterocycles. The third-order valence-corrected chi connectivity index (χ3v) is 5.18. The summed E-state index contributed by atoms with van der Waals surface area (Å²) in [6.07, 6.45) is 3.26. The van der Waals surface area contributed by atoms with Crippen LogP contribution in [0.3, 0.4) is 0 Å². The Morgan fingerprint density at radius 3 is 2.61 bits per heavy atom. The van der Waals surface area contributed by atoms with E-state index in [0.717, 1.165) is 28.1 Å². The molecular weight excluding hydrogens is 394 g/mol. The van der Waals surface area contributed by atoms with Gasteiger partial charge in [0.05, 0.1) is 41.5 Å². The maximum Gasteiger partial charge on any atom is 0.162 e. The van der Waals surface area contributed by atoms with E-state index in [4.69, 9.17) is 4.98 Å². The molecule has 0 aliphatic carbocycles. The molecule has 0 saturated carbocycles. The van der Waals surface area contributed by atoms with Gasteiger partial charge in [0.25, 0.3) is 0 Å². The number of benzene rings is 1. The van der Waals surface area contributed by atoms with E-state index in [9.17, 15) is 5.11 Å². The molecule has 0 fully saturated rings. The molecule has 156 valence electrons. The minimum atomic E-state index is -0.179. The molecule has 10 nitrogen and oxygen atoms in total. The Kier molecular flexibility index (Phi) is 4.48. The van der Waals surface area contributed by atoms with Gasteiger partial charge in [0.2, 0.25) is 0 Å². The fourth-order valence-electron chi connectivity index (χ4n) is 3.49. The van der Waals surface area contributed by atoms with Gasteiger partial charge < -0.3 is 10.4 Å². The monoisotopic (exact) mass is 415 g/mol. The molecule has 0 radical (unpaired) electrons. The third-order valence-electron chi connectivity index (χ3n) is 5.18. The molecule has 10 heteroatoms. The van der Waals surface area contributed by atoms with Gasteiger partial charge in [0.15, 0.2) is 5.65 Å². The van der Waals surface area contributed by atoms with E-state index >= 15 is 0 Å². The van der Waals surface area contributed by atoms with Crippen LogP contribution in [0.5, 0.6) is 0 Å². The van der Waals surface area contributed by atoms with E-state index in [0.29, 0.717) is 17.2 Å². The predicted molar refractivity (Wildman–Crippen MR) is 116 cm³/mol. The number of nitrogens with one attached hydrogen (secondary N) is 1. The molecule has 4 aromatic heterocycles. The van der Waals surface area contributed by atoms with Gasteiger partial charge in [0.1, 0.15) is 11.6 Å². The van der Waals surface area contributed by atoms with Crippen molar-refractivity contribution in [2.45, 2.75) is 13.5 Å². The SMILES string of the molecule is Cc1ccc(-c2cc(Nc3cc(-n4nncc4CO)c4cnn(C)c4n3)n(C)n2)cc1. The van der Waals surface area contributed by atoms with Crippen molar-refractivity contribution in [2.24, 2.45) is 14.1 Å². The minimum absolute atomic E-state index is 0.179. The lowest BCUT2D eigenvalue weighted by molar-refractivity contribution is 0.273. The summed E-state index contributed by atoms with van der Waals surface area (Å²) in [7, 11) is 3.71. The molecule has 5 aromatic rings. The van der Waals surface area contributed by atoms with E-state index < -0.39 is 0 Å². The average molecular weight is 415 g/mol. The molecule has 0 aliphatic heterocycles. The molecule has 0 saturated heterocycles. The van der Waals surface area contributed by atoms with Gasteiger partial charge in [-0.2, -0.15) is 10.2 Å². The summed E-state index contributed by atoms with van der Waals surface area (Å²) >= 11 is 0. The summed E-state index contributed by atoms with van der Waals surface area (Å²) in [5.41, 5.74) is 5.09. The molecule has 0 atom stereocenters. The molecule has 0 unspecified atom stereocenters. The molecule has 31 heavy (non-hydrogen) atoms. The number of aromatic nitrogens is 8. The number of nitrogens with zero attached hydrogens (tertiary/aromatic N) is 8. The zero-order chi connectivity index (χ0) is 21.5. The van der Waals surface area contributed by atoms with Crippen molar-refractivity contribution >= 4 is 22.7 Å². The van der Waals surface area contributed by atoms with Gasteiger partial charge >= 0.3 is 0 Å². The van der Waals surface area contributed by atoms with Crippen LogP contribution < -0.4 is 5.32 Å².